The van der Waals surface area contributed by atoms with Crippen molar-refractivity contribution in [3.63, 3.8) is 0 Å². The smallest absolute Gasteiger partial charge is 0.434 e. The molecule has 4 rings (SSSR count). The van der Waals surface area contributed by atoms with Gasteiger partial charge in [0, 0.05) is 23.8 Å². The molecule has 1 aliphatic rings. The van der Waals surface area contributed by atoms with Crippen LogP contribution in [0.5, 0.6) is 5.75 Å². The minimum atomic E-state index is -4.48. The first-order valence-electron chi connectivity index (χ1n) is 10.1. The molecule has 6 nitrogen and oxygen atoms in total. The maximum absolute atomic E-state index is 13.0. The average Bonchev–Trinajstić information content (AvgIpc) is 3.21. The third kappa shape index (κ3) is 4.76. The number of alkyl halides is 3. The van der Waals surface area contributed by atoms with E-state index in [9.17, 15) is 18.0 Å². The zero-order valence-corrected chi connectivity index (χ0v) is 16.9. The van der Waals surface area contributed by atoms with Crippen LogP contribution in [-0.4, -0.2) is 34.5 Å². The lowest BCUT2D eigenvalue weighted by molar-refractivity contribution is -0.140. The number of aromatic nitrogens is 2. The van der Waals surface area contributed by atoms with Crippen molar-refractivity contribution in [3.8, 4) is 5.75 Å². The van der Waals surface area contributed by atoms with E-state index in [1.54, 1.807) is 49.6 Å². The number of carbonyl (C=O) groups is 1. The normalized spacial score (nSPS) is 19.2. The molecule has 2 N–H and O–H groups in total. The van der Waals surface area contributed by atoms with Crippen molar-refractivity contribution < 1.29 is 22.7 Å². The summed E-state index contributed by atoms with van der Waals surface area (Å²) in [6.45, 7) is 0. The van der Waals surface area contributed by atoms with E-state index in [4.69, 9.17) is 4.74 Å². The first kappa shape index (κ1) is 21.0. The largest absolute Gasteiger partial charge is 0.497 e. The summed E-state index contributed by atoms with van der Waals surface area (Å²) in [5.41, 5.74) is -0.117. The number of amides is 1. The third-order valence-corrected chi connectivity index (χ3v) is 5.53. The fourth-order valence-corrected chi connectivity index (χ4v) is 3.89. The Balaban J connectivity index is 1.36. The van der Waals surface area contributed by atoms with E-state index in [1.807, 2.05) is 0 Å². The Kier molecular flexibility index (Phi) is 5.75. The Morgan fingerprint density at radius 2 is 1.81 bits per heavy atom. The van der Waals surface area contributed by atoms with Gasteiger partial charge in [-0.15, -0.1) is 0 Å². The number of fused-ring (bicyclic) bond motifs is 1. The maximum atomic E-state index is 13.0. The van der Waals surface area contributed by atoms with Crippen LogP contribution < -0.4 is 15.4 Å². The maximum Gasteiger partial charge on any atom is 0.434 e. The van der Waals surface area contributed by atoms with Crippen LogP contribution >= 0.6 is 0 Å². The topological polar surface area (TPSA) is 67.7 Å². The van der Waals surface area contributed by atoms with Gasteiger partial charge in [-0.25, -0.2) is 4.98 Å². The van der Waals surface area contributed by atoms with Gasteiger partial charge in [0.25, 0.3) is 5.91 Å². The van der Waals surface area contributed by atoms with Gasteiger partial charge in [0.15, 0.2) is 5.69 Å². The van der Waals surface area contributed by atoms with E-state index < -0.39 is 11.9 Å². The molecule has 0 atom stereocenters. The molecule has 3 aromatic rings. The number of nitrogens with zero attached hydrogens (tertiary/aromatic N) is 2. The second kappa shape index (κ2) is 8.49. The molecule has 31 heavy (non-hydrogen) atoms. The number of benzene rings is 1. The van der Waals surface area contributed by atoms with Crippen molar-refractivity contribution in [1.82, 2.24) is 14.7 Å². The fourth-order valence-electron chi connectivity index (χ4n) is 3.89. The van der Waals surface area contributed by atoms with Gasteiger partial charge in [-0.05, 0) is 56.0 Å². The minimum absolute atomic E-state index is 0.0534. The summed E-state index contributed by atoms with van der Waals surface area (Å²) in [5.74, 6) is 1.06. The number of hydrogen-bond acceptors (Lipinski definition) is 4. The molecule has 1 aromatic carbocycles. The van der Waals surface area contributed by atoms with Crippen LogP contribution in [0.3, 0.4) is 0 Å². The van der Waals surface area contributed by atoms with E-state index in [-0.39, 0.29) is 23.6 Å². The van der Waals surface area contributed by atoms with Gasteiger partial charge in [-0.2, -0.15) is 13.2 Å². The van der Waals surface area contributed by atoms with E-state index in [0.717, 1.165) is 31.9 Å². The lowest BCUT2D eigenvalue weighted by Gasteiger charge is -2.30. The third-order valence-electron chi connectivity index (χ3n) is 5.53. The molecule has 0 saturated heterocycles. The van der Waals surface area contributed by atoms with Gasteiger partial charge in [-0.3, -0.25) is 9.20 Å². The van der Waals surface area contributed by atoms with Crippen molar-refractivity contribution >= 4 is 17.4 Å². The number of carbonyl (C=O) groups excluding carboxylic acids is 1. The second-order valence-electron chi connectivity index (χ2n) is 7.66. The monoisotopic (exact) mass is 432 g/mol. The van der Waals surface area contributed by atoms with Crippen molar-refractivity contribution in [1.29, 1.82) is 0 Å². The number of anilines is 1. The zero-order chi connectivity index (χ0) is 22.0. The van der Waals surface area contributed by atoms with Gasteiger partial charge in [0.1, 0.15) is 17.2 Å². The molecule has 2 heterocycles. The number of nitrogens with one attached hydrogen (secondary N) is 2. The van der Waals surface area contributed by atoms with Gasteiger partial charge < -0.3 is 15.4 Å². The molecule has 164 valence electrons. The number of rotatable bonds is 5. The highest BCUT2D eigenvalue weighted by Gasteiger charge is 2.34. The molecule has 0 spiro atoms. The van der Waals surface area contributed by atoms with Gasteiger partial charge >= 0.3 is 6.18 Å². The van der Waals surface area contributed by atoms with Crippen LogP contribution in [-0.2, 0) is 6.18 Å². The highest BCUT2D eigenvalue weighted by atomic mass is 19.4. The van der Waals surface area contributed by atoms with E-state index in [0.29, 0.717) is 17.1 Å². The fraction of sp³-hybridized carbons (Fsp3) is 0.364. The Bertz CT molecular complexity index is 1070. The molecule has 1 fully saturated rings. The highest BCUT2D eigenvalue weighted by Crippen LogP contribution is 2.30. The number of ether oxygens (including phenoxy) is 1. The standard InChI is InChI=1S/C22H23F3N4O2/c1-31-17-5-2-4-14(12-17)21(30)27-16-10-8-15(9-11-16)26-19-6-3-7-20-28-18(13-29(19)20)22(23,24)25/h2-7,12-13,15-16,26H,8-11H2,1H3,(H,27,30). The summed E-state index contributed by atoms with van der Waals surface area (Å²) < 4.78 is 45.6. The molecule has 1 aliphatic carbocycles. The van der Waals surface area contributed by atoms with Crippen LogP contribution in [0.1, 0.15) is 41.7 Å². The Hall–Kier alpha value is -3.23. The van der Waals surface area contributed by atoms with Crippen LogP contribution in [0.2, 0.25) is 0 Å². The van der Waals surface area contributed by atoms with Crippen molar-refractivity contribution in [2.75, 3.05) is 12.4 Å². The van der Waals surface area contributed by atoms with Crippen LogP contribution in [0.25, 0.3) is 5.65 Å². The molecule has 0 bridgehead atoms. The zero-order valence-electron chi connectivity index (χ0n) is 16.9. The Morgan fingerprint density at radius 1 is 1.10 bits per heavy atom. The van der Waals surface area contributed by atoms with E-state index in [2.05, 4.69) is 15.6 Å². The van der Waals surface area contributed by atoms with Gasteiger partial charge in [-0.1, -0.05) is 12.1 Å². The quantitative estimate of drug-likeness (QED) is 0.622. The summed E-state index contributed by atoms with van der Waals surface area (Å²) in [7, 11) is 1.56. The second-order valence-corrected chi connectivity index (χ2v) is 7.66. The summed E-state index contributed by atoms with van der Waals surface area (Å²) in [5, 5.41) is 6.39. The molecular formula is C22H23F3N4O2. The van der Waals surface area contributed by atoms with Crippen LogP contribution in [0.4, 0.5) is 19.0 Å². The molecule has 0 radical (unpaired) electrons. The summed E-state index contributed by atoms with van der Waals surface area (Å²) >= 11 is 0. The first-order chi connectivity index (χ1) is 14.8. The predicted molar refractivity (Wildman–Crippen MR) is 110 cm³/mol. The van der Waals surface area contributed by atoms with Gasteiger partial charge in [0.05, 0.1) is 7.11 Å². The number of halogens is 3. The Labute approximate surface area is 177 Å². The van der Waals surface area contributed by atoms with Crippen LogP contribution in [0.15, 0.2) is 48.7 Å². The minimum Gasteiger partial charge on any atom is -0.497 e. The summed E-state index contributed by atoms with van der Waals surface area (Å²) in [4.78, 5) is 16.2. The SMILES string of the molecule is COc1cccc(C(=O)NC2CCC(Nc3cccc4nc(C(F)(F)F)cn34)CC2)c1. The molecule has 9 heteroatoms. The predicted octanol–water partition coefficient (Wildman–Crippen LogP) is 4.51. The van der Waals surface area contributed by atoms with Crippen molar-refractivity contribution in [2.24, 2.45) is 0 Å². The number of hydrogen-bond donors (Lipinski definition) is 2. The average molecular weight is 432 g/mol. The lowest BCUT2D eigenvalue weighted by atomic mass is 9.91. The summed E-state index contributed by atoms with van der Waals surface area (Å²) in [6.07, 6.45) is -0.331. The molecular weight excluding hydrogens is 409 g/mol. The number of pyridine rings is 1. The van der Waals surface area contributed by atoms with E-state index in [1.165, 1.54) is 4.40 Å². The molecule has 2 aromatic heterocycles. The highest BCUT2D eigenvalue weighted by molar-refractivity contribution is 5.94. The lowest BCUT2D eigenvalue weighted by Crippen LogP contribution is -2.40. The Morgan fingerprint density at radius 3 is 2.52 bits per heavy atom. The molecule has 1 amide bonds. The van der Waals surface area contributed by atoms with Gasteiger partial charge in [0.2, 0.25) is 0 Å². The number of imidazole rings is 1. The van der Waals surface area contributed by atoms with Crippen molar-refractivity contribution in [2.45, 2.75) is 43.9 Å². The van der Waals surface area contributed by atoms with Crippen molar-refractivity contribution in [3.05, 3.63) is 59.9 Å². The molecule has 0 aliphatic heterocycles. The first-order valence-corrected chi connectivity index (χ1v) is 10.1. The van der Waals surface area contributed by atoms with Crippen LogP contribution in [0, 0.1) is 0 Å². The molecule has 0 unspecified atom stereocenters. The number of methoxy groups -OCH3 is 1. The summed E-state index contributed by atoms with van der Waals surface area (Å²) in [6, 6.07) is 12.1. The van der Waals surface area contributed by atoms with E-state index >= 15 is 0 Å². The molecule has 1 saturated carbocycles.